The largest absolute Gasteiger partial charge is 0.317 e. The Labute approximate surface area is 131 Å². The fourth-order valence-corrected chi connectivity index (χ4v) is 3.83. The van der Waals surface area contributed by atoms with Crippen molar-refractivity contribution in [1.29, 1.82) is 0 Å². The lowest BCUT2D eigenvalue weighted by molar-refractivity contribution is 0.160. The maximum absolute atomic E-state index is 3.58. The van der Waals surface area contributed by atoms with Crippen molar-refractivity contribution in [2.24, 2.45) is 11.3 Å². The molecular weight excluding hydrogens is 254 g/mol. The molecule has 1 aromatic rings. The van der Waals surface area contributed by atoms with E-state index < -0.39 is 0 Å². The minimum Gasteiger partial charge on any atom is -0.317 e. The lowest BCUT2D eigenvalue weighted by Crippen LogP contribution is -2.34. The highest BCUT2D eigenvalue weighted by Gasteiger charge is 2.35. The average molecular weight is 287 g/mol. The van der Waals surface area contributed by atoms with Crippen LogP contribution in [-0.4, -0.2) is 13.1 Å². The van der Waals surface area contributed by atoms with E-state index in [2.05, 4.69) is 57.3 Å². The molecule has 21 heavy (non-hydrogen) atoms. The van der Waals surface area contributed by atoms with Crippen LogP contribution in [0, 0.1) is 11.3 Å². The van der Waals surface area contributed by atoms with Crippen LogP contribution < -0.4 is 5.32 Å². The van der Waals surface area contributed by atoms with Crippen LogP contribution >= 0.6 is 0 Å². The molecule has 118 valence electrons. The molecule has 2 rings (SSSR count). The Morgan fingerprint density at radius 1 is 1.14 bits per heavy atom. The molecule has 1 aliphatic rings. The lowest BCUT2D eigenvalue weighted by atomic mass is 9.65. The zero-order chi connectivity index (χ0) is 15.3. The maximum atomic E-state index is 3.58. The number of hydrogen-bond acceptors (Lipinski definition) is 1. The summed E-state index contributed by atoms with van der Waals surface area (Å²) in [5.74, 6) is 1.53. The van der Waals surface area contributed by atoms with Gasteiger partial charge in [0.05, 0.1) is 0 Å². The second-order valence-electron chi connectivity index (χ2n) is 7.57. The van der Waals surface area contributed by atoms with E-state index in [4.69, 9.17) is 0 Å². The molecule has 0 spiro atoms. The molecule has 1 nitrogen and oxygen atoms in total. The average Bonchev–Trinajstić information content (AvgIpc) is 2.46. The first-order valence-corrected chi connectivity index (χ1v) is 8.85. The van der Waals surface area contributed by atoms with Gasteiger partial charge in [-0.1, -0.05) is 58.4 Å². The zero-order valence-electron chi connectivity index (χ0n) is 14.4. The molecule has 0 aromatic heterocycles. The predicted octanol–water partition coefficient (Wildman–Crippen LogP) is 5.16. The summed E-state index contributed by atoms with van der Waals surface area (Å²) in [6.07, 6.45) is 6.50. The number of rotatable bonds is 6. The SMILES string of the molecule is CCCc1ccc(C2CC(C)(C)CCC2CNCC)cc1. The van der Waals surface area contributed by atoms with Crippen molar-refractivity contribution < 1.29 is 0 Å². The van der Waals surface area contributed by atoms with Gasteiger partial charge in [0.2, 0.25) is 0 Å². The Hall–Kier alpha value is -0.820. The first kappa shape index (κ1) is 16.5. The van der Waals surface area contributed by atoms with Gasteiger partial charge in [-0.2, -0.15) is 0 Å². The molecule has 1 N–H and O–H groups in total. The van der Waals surface area contributed by atoms with Crippen molar-refractivity contribution >= 4 is 0 Å². The molecule has 2 unspecified atom stereocenters. The Morgan fingerprint density at radius 3 is 2.48 bits per heavy atom. The highest BCUT2D eigenvalue weighted by Crippen LogP contribution is 2.46. The van der Waals surface area contributed by atoms with Gasteiger partial charge in [-0.3, -0.25) is 0 Å². The first-order chi connectivity index (χ1) is 10.1. The van der Waals surface area contributed by atoms with Crippen LogP contribution in [0.5, 0.6) is 0 Å². The molecule has 0 bridgehead atoms. The quantitative estimate of drug-likeness (QED) is 0.762. The molecule has 0 amide bonds. The minimum absolute atomic E-state index is 0.496. The highest BCUT2D eigenvalue weighted by molar-refractivity contribution is 5.27. The molecular formula is C20H33N. The van der Waals surface area contributed by atoms with Crippen LogP contribution in [0.3, 0.4) is 0 Å². The third-order valence-corrected chi connectivity index (χ3v) is 5.14. The maximum Gasteiger partial charge on any atom is -0.00148 e. The minimum atomic E-state index is 0.496. The summed E-state index contributed by atoms with van der Waals surface area (Å²) in [6, 6.07) is 9.50. The summed E-state index contributed by atoms with van der Waals surface area (Å²) in [7, 11) is 0. The zero-order valence-corrected chi connectivity index (χ0v) is 14.4. The van der Waals surface area contributed by atoms with Crippen molar-refractivity contribution in [3.05, 3.63) is 35.4 Å². The molecule has 1 saturated carbocycles. The smallest absolute Gasteiger partial charge is 0.00148 e. The van der Waals surface area contributed by atoms with Crippen LogP contribution in [0.15, 0.2) is 24.3 Å². The van der Waals surface area contributed by atoms with Gasteiger partial charge in [-0.15, -0.1) is 0 Å². The van der Waals surface area contributed by atoms with E-state index in [1.165, 1.54) is 44.2 Å². The summed E-state index contributed by atoms with van der Waals surface area (Å²) >= 11 is 0. The van der Waals surface area contributed by atoms with Crippen LogP contribution in [0.2, 0.25) is 0 Å². The second kappa shape index (κ2) is 7.45. The number of nitrogens with one attached hydrogen (secondary N) is 1. The molecule has 0 radical (unpaired) electrons. The van der Waals surface area contributed by atoms with Gasteiger partial charge in [0.25, 0.3) is 0 Å². The van der Waals surface area contributed by atoms with E-state index >= 15 is 0 Å². The molecule has 2 atom stereocenters. The molecule has 1 aliphatic carbocycles. The van der Waals surface area contributed by atoms with Gasteiger partial charge >= 0.3 is 0 Å². The van der Waals surface area contributed by atoms with Crippen molar-refractivity contribution in [3.8, 4) is 0 Å². The van der Waals surface area contributed by atoms with Gasteiger partial charge in [0, 0.05) is 0 Å². The fraction of sp³-hybridized carbons (Fsp3) is 0.700. The van der Waals surface area contributed by atoms with Crippen molar-refractivity contribution in [2.45, 2.75) is 65.7 Å². The van der Waals surface area contributed by atoms with Crippen LogP contribution in [0.4, 0.5) is 0 Å². The van der Waals surface area contributed by atoms with E-state index in [0.717, 1.165) is 18.4 Å². The van der Waals surface area contributed by atoms with E-state index in [9.17, 15) is 0 Å². The van der Waals surface area contributed by atoms with Crippen LogP contribution in [0.25, 0.3) is 0 Å². The molecule has 1 aromatic carbocycles. The van der Waals surface area contributed by atoms with Gasteiger partial charge in [-0.25, -0.2) is 0 Å². The summed E-state index contributed by atoms with van der Waals surface area (Å²) in [5.41, 5.74) is 3.54. The van der Waals surface area contributed by atoms with Gasteiger partial charge in [0.1, 0.15) is 0 Å². The molecule has 0 saturated heterocycles. The van der Waals surface area contributed by atoms with Crippen molar-refractivity contribution in [2.75, 3.05) is 13.1 Å². The van der Waals surface area contributed by atoms with Crippen molar-refractivity contribution in [3.63, 3.8) is 0 Å². The topological polar surface area (TPSA) is 12.0 Å². The first-order valence-electron chi connectivity index (χ1n) is 8.85. The lowest BCUT2D eigenvalue weighted by Gasteiger charge is -2.41. The monoisotopic (exact) mass is 287 g/mol. The molecule has 1 heteroatoms. The molecule has 1 fully saturated rings. The predicted molar refractivity (Wildman–Crippen MR) is 92.8 cm³/mol. The highest BCUT2D eigenvalue weighted by atomic mass is 14.8. The second-order valence-corrected chi connectivity index (χ2v) is 7.57. The van der Waals surface area contributed by atoms with Crippen LogP contribution in [-0.2, 0) is 6.42 Å². The van der Waals surface area contributed by atoms with Gasteiger partial charge in [0.15, 0.2) is 0 Å². The fourth-order valence-electron chi connectivity index (χ4n) is 3.83. The van der Waals surface area contributed by atoms with E-state index in [0.29, 0.717) is 5.41 Å². The summed E-state index contributed by atoms with van der Waals surface area (Å²) in [5, 5.41) is 3.58. The standard InChI is InChI=1S/C20H33N/c1-5-7-16-8-10-17(11-9-16)19-14-20(3,4)13-12-18(19)15-21-6-2/h8-11,18-19,21H,5-7,12-15H2,1-4H3. The summed E-state index contributed by atoms with van der Waals surface area (Å²) in [4.78, 5) is 0. The number of aryl methyl sites for hydroxylation is 1. The van der Waals surface area contributed by atoms with E-state index in [1.807, 2.05) is 0 Å². The number of benzene rings is 1. The summed E-state index contributed by atoms with van der Waals surface area (Å²) in [6.45, 7) is 11.6. The Kier molecular flexibility index (Phi) is 5.87. The Bertz CT molecular complexity index is 418. The number of hydrogen-bond donors (Lipinski definition) is 1. The van der Waals surface area contributed by atoms with Crippen LogP contribution in [0.1, 0.15) is 70.4 Å². The third kappa shape index (κ3) is 4.57. The van der Waals surface area contributed by atoms with Gasteiger partial charge in [-0.05, 0) is 67.2 Å². The molecule has 0 heterocycles. The normalized spacial score (nSPS) is 25.0. The Balaban J connectivity index is 2.14. The van der Waals surface area contributed by atoms with Crippen molar-refractivity contribution in [1.82, 2.24) is 5.32 Å². The third-order valence-electron chi connectivity index (χ3n) is 5.14. The summed E-state index contributed by atoms with van der Waals surface area (Å²) < 4.78 is 0. The van der Waals surface area contributed by atoms with E-state index in [-0.39, 0.29) is 0 Å². The van der Waals surface area contributed by atoms with E-state index in [1.54, 1.807) is 5.56 Å². The molecule has 0 aliphatic heterocycles. The van der Waals surface area contributed by atoms with Gasteiger partial charge < -0.3 is 5.32 Å². The Morgan fingerprint density at radius 2 is 1.86 bits per heavy atom.